The second-order valence-electron chi connectivity index (χ2n) is 3.35. The van der Waals surface area contributed by atoms with Crippen molar-refractivity contribution in [1.82, 2.24) is 9.97 Å². The molecule has 2 aromatic rings. The minimum atomic E-state index is -0.698. The molecule has 0 bridgehead atoms. The van der Waals surface area contributed by atoms with Crippen molar-refractivity contribution in [1.29, 1.82) is 5.26 Å². The molecule has 0 fully saturated rings. The molecule has 3 N–H and O–H groups in total. The van der Waals surface area contributed by atoms with Crippen molar-refractivity contribution in [3.8, 4) is 17.7 Å². The van der Waals surface area contributed by atoms with Gasteiger partial charge in [0, 0.05) is 0 Å². The lowest BCUT2D eigenvalue weighted by molar-refractivity contribution is 0.427. The van der Waals surface area contributed by atoms with Crippen LogP contribution in [0.15, 0.2) is 24.4 Å². The zero-order valence-electron chi connectivity index (χ0n) is 9.39. The van der Waals surface area contributed by atoms with Crippen LogP contribution in [0.4, 0.5) is 10.3 Å². The van der Waals surface area contributed by atoms with Gasteiger partial charge in [0.25, 0.3) is 0 Å². The van der Waals surface area contributed by atoms with Crippen molar-refractivity contribution in [2.24, 2.45) is 5.84 Å². The number of nitrogen functional groups attached to an aromatic ring is 1. The Balaban J connectivity index is 2.33. The fourth-order valence-electron chi connectivity index (χ4n) is 1.25. The lowest BCUT2D eigenvalue weighted by Gasteiger charge is -2.08. The van der Waals surface area contributed by atoms with Crippen molar-refractivity contribution in [2.45, 2.75) is 0 Å². The van der Waals surface area contributed by atoms with Gasteiger partial charge in [0.15, 0.2) is 11.6 Å². The molecule has 96 valence electrons. The molecule has 2 rings (SSSR count). The number of benzene rings is 1. The third-order valence-corrected chi connectivity index (χ3v) is 2.37. The van der Waals surface area contributed by atoms with Crippen LogP contribution < -0.4 is 16.0 Å². The van der Waals surface area contributed by atoms with Gasteiger partial charge in [-0.05, 0) is 18.2 Å². The average molecular weight is 280 g/mol. The molecule has 0 aliphatic rings. The monoisotopic (exact) mass is 279 g/mol. The van der Waals surface area contributed by atoms with E-state index in [-0.39, 0.29) is 28.2 Å². The van der Waals surface area contributed by atoms with Gasteiger partial charge in [0.1, 0.15) is 5.02 Å². The van der Waals surface area contributed by atoms with Gasteiger partial charge in [-0.1, -0.05) is 11.6 Å². The lowest BCUT2D eigenvalue weighted by Crippen LogP contribution is -2.10. The number of nitriles is 1. The summed E-state index contributed by atoms with van der Waals surface area (Å²) in [6, 6.07) is 5.58. The van der Waals surface area contributed by atoms with Crippen molar-refractivity contribution < 1.29 is 9.13 Å². The van der Waals surface area contributed by atoms with Crippen LogP contribution >= 0.6 is 11.6 Å². The lowest BCUT2D eigenvalue weighted by atomic mass is 10.2. The maximum Gasteiger partial charge on any atom is 0.243 e. The molecule has 0 saturated carbocycles. The van der Waals surface area contributed by atoms with Crippen LogP contribution in [-0.2, 0) is 0 Å². The highest BCUT2D eigenvalue weighted by atomic mass is 35.5. The van der Waals surface area contributed by atoms with E-state index in [1.807, 2.05) is 6.07 Å². The predicted octanol–water partition coefficient (Wildman–Crippen LogP) is 2.22. The molecule has 0 saturated heterocycles. The smallest absolute Gasteiger partial charge is 0.243 e. The number of rotatable bonds is 3. The average Bonchev–Trinajstić information content (AvgIpc) is 2.43. The summed E-state index contributed by atoms with van der Waals surface area (Å²) in [4.78, 5) is 7.59. The van der Waals surface area contributed by atoms with Crippen LogP contribution in [-0.4, -0.2) is 9.97 Å². The zero-order valence-corrected chi connectivity index (χ0v) is 10.1. The highest BCUT2D eigenvalue weighted by molar-refractivity contribution is 6.31. The van der Waals surface area contributed by atoms with E-state index in [1.54, 1.807) is 0 Å². The summed E-state index contributed by atoms with van der Waals surface area (Å²) in [6.07, 6.45) is 1.26. The van der Waals surface area contributed by atoms with E-state index in [0.29, 0.717) is 0 Å². The van der Waals surface area contributed by atoms with Gasteiger partial charge in [-0.3, -0.25) is 5.43 Å². The first-order chi connectivity index (χ1) is 9.13. The fourth-order valence-corrected chi connectivity index (χ4v) is 1.38. The molecule has 0 amide bonds. The maximum atomic E-state index is 13.6. The molecule has 6 nitrogen and oxygen atoms in total. The number of nitrogens with one attached hydrogen (secondary N) is 1. The summed E-state index contributed by atoms with van der Waals surface area (Å²) in [5, 5.41) is 8.73. The van der Waals surface area contributed by atoms with E-state index in [0.717, 1.165) is 6.07 Å². The number of hydrogen-bond acceptors (Lipinski definition) is 6. The third kappa shape index (κ3) is 2.88. The van der Waals surface area contributed by atoms with E-state index in [4.69, 9.17) is 27.4 Å². The van der Waals surface area contributed by atoms with Gasteiger partial charge >= 0.3 is 0 Å². The highest BCUT2D eigenvalue weighted by Gasteiger charge is 2.11. The van der Waals surface area contributed by atoms with Crippen molar-refractivity contribution in [2.75, 3.05) is 5.43 Å². The Morgan fingerprint density at radius 1 is 1.47 bits per heavy atom. The second kappa shape index (κ2) is 5.48. The number of hydrazine groups is 1. The summed E-state index contributed by atoms with van der Waals surface area (Å²) in [6.45, 7) is 0. The molecule has 8 heteroatoms. The Hall–Kier alpha value is -2.43. The topological polar surface area (TPSA) is 96.8 Å². The first kappa shape index (κ1) is 13.0. The number of hydrogen-bond donors (Lipinski definition) is 2. The van der Waals surface area contributed by atoms with Gasteiger partial charge < -0.3 is 4.74 Å². The number of anilines is 1. The van der Waals surface area contributed by atoms with Crippen molar-refractivity contribution in [3.05, 3.63) is 40.8 Å². The molecule has 19 heavy (non-hydrogen) atoms. The standard InChI is InChI=1S/C11H7ClFN5O/c12-7-5-16-11(18-15)17-10(7)19-9-2-1-6(4-14)3-8(9)13/h1-3,5H,15H2,(H,16,17,18). The largest absolute Gasteiger partial charge is 0.434 e. The Labute approximate surface area is 112 Å². The van der Waals surface area contributed by atoms with Crippen LogP contribution in [0.25, 0.3) is 0 Å². The van der Waals surface area contributed by atoms with Gasteiger partial charge in [0.2, 0.25) is 11.8 Å². The van der Waals surface area contributed by atoms with Crippen LogP contribution in [0.5, 0.6) is 11.6 Å². The predicted molar refractivity (Wildman–Crippen MR) is 66.0 cm³/mol. The summed E-state index contributed by atoms with van der Waals surface area (Å²) in [5.41, 5.74) is 2.40. The van der Waals surface area contributed by atoms with Crippen LogP contribution in [0.2, 0.25) is 5.02 Å². The van der Waals surface area contributed by atoms with Crippen LogP contribution in [0, 0.1) is 17.1 Å². The number of nitrogens with zero attached hydrogens (tertiary/aromatic N) is 3. The molecule has 0 aliphatic carbocycles. The van der Waals surface area contributed by atoms with E-state index in [2.05, 4.69) is 15.4 Å². The molecule has 0 atom stereocenters. The van der Waals surface area contributed by atoms with Crippen LogP contribution in [0.1, 0.15) is 5.56 Å². The highest BCUT2D eigenvalue weighted by Crippen LogP contribution is 2.29. The molecule has 0 radical (unpaired) electrons. The molecule has 0 unspecified atom stereocenters. The van der Waals surface area contributed by atoms with Gasteiger partial charge in [-0.2, -0.15) is 10.2 Å². The molecule has 1 heterocycles. The Morgan fingerprint density at radius 2 is 2.26 bits per heavy atom. The normalized spacial score (nSPS) is 9.79. The van der Waals surface area contributed by atoms with E-state index < -0.39 is 5.82 Å². The summed E-state index contributed by atoms with van der Waals surface area (Å²) < 4.78 is 18.9. The quantitative estimate of drug-likeness (QED) is 0.660. The molecule has 1 aromatic carbocycles. The Morgan fingerprint density at radius 3 is 2.89 bits per heavy atom. The van der Waals surface area contributed by atoms with Crippen LogP contribution in [0.3, 0.4) is 0 Å². The van der Waals surface area contributed by atoms with E-state index in [9.17, 15) is 4.39 Å². The number of ether oxygens (including phenoxy) is 1. The van der Waals surface area contributed by atoms with Gasteiger partial charge in [0.05, 0.1) is 17.8 Å². The second-order valence-corrected chi connectivity index (χ2v) is 3.76. The summed E-state index contributed by atoms with van der Waals surface area (Å²) in [5.74, 6) is 4.37. The SMILES string of the molecule is N#Cc1ccc(Oc2nc(NN)ncc2Cl)c(F)c1. The number of halogens is 2. The van der Waals surface area contributed by atoms with Crippen molar-refractivity contribution >= 4 is 17.5 Å². The minimum absolute atomic E-state index is 0.0479. The third-order valence-electron chi connectivity index (χ3n) is 2.11. The number of nitrogens with two attached hydrogens (primary N) is 1. The maximum absolute atomic E-state index is 13.6. The summed E-state index contributed by atoms with van der Waals surface area (Å²) >= 11 is 5.82. The summed E-state index contributed by atoms with van der Waals surface area (Å²) in [7, 11) is 0. The molecular weight excluding hydrogens is 273 g/mol. The number of aromatic nitrogens is 2. The first-order valence-electron chi connectivity index (χ1n) is 5.00. The van der Waals surface area contributed by atoms with E-state index in [1.165, 1.54) is 18.3 Å². The van der Waals surface area contributed by atoms with E-state index >= 15 is 0 Å². The molecule has 1 aromatic heterocycles. The molecular formula is C11H7ClFN5O. The fraction of sp³-hybridized carbons (Fsp3) is 0. The molecule has 0 spiro atoms. The van der Waals surface area contributed by atoms with Gasteiger partial charge in [-0.25, -0.2) is 15.2 Å². The minimum Gasteiger partial charge on any atom is -0.434 e. The Bertz CT molecular complexity index is 658. The van der Waals surface area contributed by atoms with Crippen molar-refractivity contribution in [3.63, 3.8) is 0 Å². The Kier molecular flexibility index (Phi) is 3.75. The van der Waals surface area contributed by atoms with Gasteiger partial charge in [-0.15, -0.1) is 0 Å². The first-order valence-corrected chi connectivity index (χ1v) is 5.38. The molecule has 0 aliphatic heterocycles. The zero-order chi connectivity index (χ0) is 13.8.